The van der Waals surface area contributed by atoms with Crippen molar-refractivity contribution in [3.8, 4) is 0 Å². The lowest BCUT2D eigenvalue weighted by Gasteiger charge is -2.18. The fraction of sp³-hybridized carbons (Fsp3) is 0.0556. The Kier molecular flexibility index (Phi) is 4.66. The second kappa shape index (κ2) is 6.88. The predicted molar refractivity (Wildman–Crippen MR) is 86.4 cm³/mol. The minimum Gasteiger partial charge on any atom is -0.340 e. The molecule has 1 N–H and O–H groups in total. The van der Waals surface area contributed by atoms with Crippen molar-refractivity contribution in [3.63, 3.8) is 0 Å². The van der Waals surface area contributed by atoms with Gasteiger partial charge in [0.15, 0.2) is 0 Å². The number of nitrogens with one attached hydrogen (secondary N) is 1. The van der Waals surface area contributed by atoms with Crippen LogP contribution in [0.15, 0.2) is 60.0 Å². The third-order valence-electron chi connectivity index (χ3n) is 3.48. The van der Waals surface area contributed by atoms with Crippen molar-refractivity contribution < 1.29 is 18.0 Å². The Hall–Kier alpha value is -2.60. The van der Waals surface area contributed by atoms with Crippen molar-refractivity contribution in [1.29, 1.82) is 0 Å². The van der Waals surface area contributed by atoms with Gasteiger partial charge in [-0.2, -0.15) is 0 Å². The molecule has 2 aromatic carbocycles. The van der Waals surface area contributed by atoms with Crippen LogP contribution in [0.3, 0.4) is 0 Å². The normalized spacial score (nSPS) is 12.0. The van der Waals surface area contributed by atoms with E-state index in [-0.39, 0.29) is 11.4 Å². The zero-order valence-electron chi connectivity index (χ0n) is 12.3. The van der Waals surface area contributed by atoms with Crippen LogP contribution >= 0.6 is 11.3 Å². The van der Waals surface area contributed by atoms with E-state index in [4.69, 9.17) is 0 Å². The van der Waals surface area contributed by atoms with Gasteiger partial charge in [-0.3, -0.25) is 4.79 Å². The number of rotatable bonds is 4. The molecule has 0 radical (unpaired) electrons. The van der Waals surface area contributed by atoms with Crippen LogP contribution in [0.2, 0.25) is 0 Å². The first-order valence-corrected chi connectivity index (χ1v) is 7.97. The van der Waals surface area contributed by atoms with Crippen molar-refractivity contribution in [2.24, 2.45) is 0 Å². The summed E-state index contributed by atoms with van der Waals surface area (Å²) in [6.07, 6.45) is 0. The Bertz CT molecular complexity index is 847. The summed E-state index contributed by atoms with van der Waals surface area (Å²) in [5, 5.41) is 4.56. The van der Waals surface area contributed by atoms with Crippen molar-refractivity contribution in [2.75, 3.05) is 0 Å². The number of benzene rings is 2. The van der Waals surface area contributed by atoms with E-state index in [1.807, 2.05) is 17.5 Å². The van der Waals surface area contributed by atoms with Crippen LogP contribution < -0.4 is 5.32 Å². The summed E-state index contributed by atoms with van der Waals surface area (Å²) in [5.74, 6) is -2.75. The third kappa shape index (κ3) is 3.49. The monoisotopic (exact) mass is 347 g/mol. The molecule has 0 aliphatic rings. The standard InChI is InChI=1S/C18H12F3NOS/c19-12-5-3-11(4-6-12)17(16-2-1-9-24-16)22-18(23)14-8-7-13(20)10-15(14)21/h1-10,17H,(H,22,23). The van der Waals surface area contributed by atoms with Gasteiger partial charge < -0.3 is 5.32 Å². The summed E-state index contributed by atoms with van der Waals surface area (Å²) in [6.45, 7) is 0. The van der Waals surface area contributed by atoms with Gasteiger partial charge in [0.1, 0.15) is 17.5 Å². The smallest absolute Gasteiger partial charge is 0.255 e. The van der Waals surface area contributed by atoms with E-state index in [2.05, 4.69) is 5.32 Å². The van der Waals surface area contributed by atoms with Crippen LogP contribution in [0.5, 0.6) is 0 Å². The van der Waals surface area contributed by atoms with Crippen LogP contribution in [-0.2, 0) is 0 Å². The van der Waals surface area contributed by atoms with Crippen molar-refractivity contribution in [1.82, 2.24) is 5.32 Å². The van der Waals surface area contributed by atoms with Crippen molar-refractivity contribution in [3.05, 3.63) is 93.4 Å². The van der Waals surface area contributed by atoms with E-state index in [1.54, 1.807) is 12.1 Å². The van der Waals surface area contributed by atoms with Crippen LogP contribution in [0.25, 0.3) is 0 Å². The maximum absolute atomic E-state index is 13.8. The highest BCUT2D eigenvalue weighted by Gasteiger charge is 2.21. The minimum atomic E-state index is -0.934. The summed E-state index contributed by atoms with van der Waals surface area (Å²) < 4.78 is 39.9. The zero-order chi connectivity index (χ0) is 17.1. The van der Waals surface area contributed by atoms with Gasteiger partial charge in [0, 0.05) is 10.9 Å². The Balaban J connectivity index is 1.92. The summed E-state index contributed by atoms with van der Waals surface area (Å²) in [7, 11) is 0. The summed E-state index contributed by atoms with van der Waals surface area (Å²) in [5.41, 5.74) is 0.412. The first kappa shape index (κ1) is 16.3. The number of hydrogen-bond acceptors (Lipinski definition) is 2. The van der Waals surface area contributed by atoms with E-state index < -0.39 is 23.6 Å². The molecule has 1 aromatic heterocycles. The first-order chi connectivity index (χ1) is 11.5. The topological polar surface area (TPSA) is 29.1 Å². The van der Waals surface area contributed by atoms with Crippen molar-refractivity contribution >= 4 is 17.2 Å². The number of carbonyl (C=O) groups excluding carboxylic acids is 1. The second-order valence-corrected chi connectivity index (χ2v) is 6.08. The predicted octanol–water partition coefficient (Wildman–Crippen LogP) is 4.68. The van der Waals surface area contributed by atoms with Crippen LogP contribution in [0.4, 0.5) is 13.2 Å². The average Bonchev–Trinajstić information content (AvgIpc) is 3.07. The minimum absolute atomic E-state index is 0.250. The summed E-state index contributed by atoms with van der Waals surface area (Å²) >= 11 is 1.41. The van der Waals surface area contributed by atoms with Crippen LogP contribution in [0.1, 0.15) is 26.8 Å². The zero-order valence-corrected chi connectivity index (χ0v) is 13.1. The fourth-order valence-corrected chi connectivity index (χ4v) is 3.11. The SMILES string of the molecule is O=C(NC(c1ccc(F)cc1)c1cccs1)c1ccc(F)cc1F. The molecular formula is C18H12F3NOS. The molecule has 2 nitrogen and oxygen atoms in total. The third-order valence-corrected chi connectivity index (χ3v) is 4.42. The Morgan fingerprint density at radius 1 is 0.958 bits per heavy atom. The lowest BCUT2D eigenvalue weighted by Crippen LogP contribution is -2.29. The van der Waals surface area contributed by atoms with Gasteiger partial charge >= 0.3 is 0 Å². The van der Waals surface area contributed by atoms with Crippen molar-refractivity contribution in [2.45, 2.75) is 6.04 Å². The highest BCUT2D eigenvalue weighted by molar-refractivity contribution is 7.10. The van der Waals surface area contributed by atoms with Gasteiger partial charge in [0.05, 0.1) is 11.6 Å². The van der Waals surface area contributed by atoms with E-state index in [9.17, 15) is 18.0 Å². The number of hydrogen-bond donors (Lipinski definition) is 1. The molecule has 1 unspecified atom stereocenters. The molecule has 122 valence electrons. The van der Waals surface area contributed by atoms with E-state index >= 15 is 0 Å². The molecule has 1 amide bonds. The Labute approximate surface area is 140 Å². The van der Waals surface area contributed by atoms with Gasteiger partial charge in [-0.15, -0.1) is 11.3 Å². The maximum Gasteiger partial charge on any atom is 0.255 e. The van der Waals surface area contributed by atoms with Gasteiger partial charge in [0.25, 0.3) is 5.91 Å². The highest BCUT2D eigenvalue weighted by atomic mass is 32.1. The van der Waals surface area contributed by atoms with E-state index in [1.165, 1.54) is 23.5 Å². The largest absolute Gasteiger partial charge is 0.340 e. The quantitative estimate of drug-likeness (QED) is 0.729. The molecule has 24 heavy (non-hydrogen) atoms. The molecule has 6 heteroatoms. The lowest BCUT2D eigenvalue weighted by atomic mass is 10.0. The van der Waals surface area contributed by atoms with Gasteiger partial charge in [-0.25, -0.2) is 13.2 Å². The van der Waals surface area contributed by atoms with Gasteiger partial charge in [0.2, 0.25) is 0 Å². The molecule has 0 aliphatic heterocycles. The Morgan fingerprint density at radius 2 is 1.67 bits per heavy atom. The van der Waals surface area contributed by atoms with Gasteiger partial charge in [-0.1, -0.05) is 18.2 Å². The molecule has 3 rings (SSSR count). The highest BCUT2D eigenvalue weighted by Crippen LogP contribution is 2.27. The second-order valence-electron chi connectivity index (χ2n) is 5.10. The van der Waals surface area contributed by atoms with Crippen LogP contribution in [-0.4, -0.2) is 5.91 Å². The lowest BCUT2D eigenvalue weighted by molar-refractivity contribution is 0.0939. The summed E-state index contributed by atoms with van der Waals surface area (Å²) in [4.78, 5) is 13.2. The number of carbonyl (C=O) groups is 1. The Morgan fingerprint density at radius 3 is 2.29 bits per heavy atom. The fourth-order valence-electron chi connectivity index (χ4n) is 2.31. The molecule has 1 heterocycles. The molecule has 0 aliphatic carbocycles. The maximum atomic E-state index is 13.8. The van der Waals surface area contributed by atoms with E-state index in [0.717, 1.165) is 17.0 Å². The molecule has 0 bridgehead atoms. The molecule has 0 fully saturated rings. The first-order valence-electron chi connectivity index (χ1n) is 7.09. The molecular weight excluding hydrogens is 335 g/mol. The number of amides is 1. The van der Waals surface area contributed by atoms with Gasteiger partial charge in [-0.05, 0) is 41.3 Å². The molecule has 0 spiro atoms. The molecule has 1 atom stereocenters. The summed E-state index contributed by atoms with van der Waals surface area (Å²) in [6, 6.07) is 11.6. The molecule has 3 aromatic rings. The number of thiophene rings is 1. The average molecular weight is 347 g/mol. The van der Waals surface area contributed by atoms with E-state index in [0.29, 0.717) is 11.6 Å². The molecule has 0 saturated heterocycles. The number of halogens is 3. The molecule has 0 saturated carbocycles. The van der Waals surface area contributed by atoms with Crippen LogP contribution in [0, 0.1) is 17.5 Å².